The van der Waals surface area contributed by atoms with Crippen LogP contribution in [-0.2, 0) is 11.2 Å². The van der Waals surface area contributed by atoms with E-state index in [2.05, 4.69) is 28.2 Å². The van der Waals surface area contributed by atoms with Crippen molar-refractivity contribution in [1.82, 2.24) is 14.9 Å². The number of hydrogen-bond acceptors (Lipinski definition) is 5. The summed E-state index contributed by atoms with van der Waals surface area (Å²) in [5.74, 6) is 0.128. The summed E-state index contributed by atoms with van der Waals surface area (Å²) in [5, 5.41) is 2.05. The maximum Gasteiger partial charge on any atom is 0.257 e. The number of aromatic nitrogens is 2. The van der Waals surface area contributed by atoms with Gasteiger partial charge in [-0.05, 0) is 55.7 Å². The number of likely N-dealkylation sites (tertiary alicyclic amines) is 1. The van der Waals surface area contributed by atoms with E-state index in [4.69, 9.17) is 5.73 Å². The molecule has 0 saturated carbocycles. The smallest absolute Gasteiger partial charge is 0.257 e. The lowest BCUT2D eigenvalue weighted by molar-refractivity contribution is -0.130. The summed E-state index contributed by atoms with van der Waals surface area (Å²) in [5.41, 5.74) is 8.45. The van der Waals surface area contributed by atoms with Gasteiger partial charge in [0.05, 0.1) is 16.7 Å². The highest BCUT2D eigenvalue weighted by molar-refractivity contribution is 7.13. The number of piperidine rings is 1. The largest absolute Gasteiger partial charge is 0.369 e. The molecule has 1 aromatic carbocycles. The number of amides is 2. The molecular formula is C24H26N4O2S. The van der Waals surface area contributed by atoms with Crippen LogP contribution < -0.4 is 5.73 Å². The zero-order chi connectivity index (χ0) is 22.0. The Hall–Kier alpha value is -3.06. The van der Waals surface area contributed by atoms with Crippen LogP contribution in [0.2, 0.25) is 0 Å². The summed E-state index contributed by atoms with van der Waals surface area (Å²) < 4.78 is 0. The van der Waals surface area contributed by atoms with Crippen LogP contribution >= 0.6 is 11.3 Å². The molecule has 1 atom stereocenters. The molecular weight excluding hydrogens is 408 g/mol. The van der Waals surface area contributed by atoms with Crippen LogP contribution in [0.3, 0.4) is 0 Å². The van der Waals surface area contributed by atoms with E-state index < -0.39 is 5.41 Å². The summed E-state index contributed by atoms with van der Waals surface area (Å²) in [4.78, 5) is 37.3. The Bertz CT molecular complexity index is 1110. The van der Waals surface area contributed by atoms with E-state index >= 15 is 0 Å². The van der Waals surface area contributed by atoms with Crippen molar-refractivity contribution in [2.75, 3.05) is 13.1 Å². The van der Waals surface area contributed by atoms with E-state index in [1.165, 1.54) is 4.88 Å². The molecule has 3 aromatic rings. The van der Waals surface area contributed by atoms with Gasteiger partial charge in [0.1, 0.15) is 5.82 Å². The maximum atomic E-state index is 13.2. The molecule has 1 aliphatic heterocycles. The lowest BCUT2D eigenvalue weighted by atomic mass is 9.74. The Morgan fingerprint density at radius 2 is 2.06 bits per heavy atom. The van der Waals surface area contributed by atoms with Gasteiger partial charge in [0, 0.05) is 24.2 Å². The second-order valence-electron chi connectivity index (χ2n) is 8.25. The van der Waals surface area contributed by atoms with Gasteiger partial charge in [0.25, 0.3) is 5.91 Å². The fourth-order valence-corrected chi connectivity index (χ4v) is 5.09. The Kier molecular flexibility index (Phi) is 5.87. The number of hydrogen-bond donors (Lipinski definition) is 1. The van der Waals surface area contributed by atoms with Crippen molar-refractivity contribution in [3.8, 4) is 10.4 Å². The second-order valence-corrected chi connectivity index (χ2v) is 9.19. The minimum Gasteiger partial charge on any atom is -0.369 e. The van der Waals surface area contributed by atoms with E-state index in [0.29, 0.717) is 43.0 Å². The van der Waals surface area contributed by atoms with Gasteiger partial charge in [-0.25, -0.2) is 9.97 Å². The molecule has 0 spiro atoms. The number of nitrogens with zero attached hydrogens (tertiary/aromatic N) is 3. The zero-order valence-electron chi connectivity index (χ0n) is 17.8. The topological polar surface area (TPSA) is 89.2 Å². The molecule has 3 heterocycles. The molecule has 1 saturated heterocycles. The van der Waals surface area contributed by atoms with Gasteiger partial charge in [-0.15, -0.1) is 11.3 Å². The molecule has 160 valence electrons. The van der Waals surface area contributed by atoms with Crippen molar-refractivity contribution in [1.29, 1.82) is 0 Å². The lowest BCUT2D eigenvalue weighted by Gasteiger charge is -2.41. The van der Waals surface area contributed by atoms with Crippen LogP contribution in [0.15, 0.2) is 48.0 Å². The van der Waals surface area contributed by atoms with Crippen molar-refractivity contribution in [3.63, 3.8) is 0 Å². The predicted molar refractivity (Wildman–Crippen MR) is 122 cm³/mol. The van der Waals surface area contributed by atoms with Gasteiger partial charge in [-0.1, -0.05) is 30.3 Å². The molecule has 2 N–H and O–H groups in total. The van der Waals surface area contributed by atoms with Crippen LogP contribution in [0.4, 0.5) is 0 Å². The van der Waals surface area contributed by atoms with Crippen molar-refractivity contribution in [3.05, 3.63) is 70.6 Å². The Balaban J connectivity index is 1.60. The third-order valence-electron chi connectivity index (χ3n) is 5.99. The molecule has 4 rings (SSSR count). The van der Waals surface area contributed by atoms with E-state index in [1.807, 2.05) is 30.5 Å². The molecule has 0 bridgehead atoms. The van der Waals surface area contributed by atoms with Gasteiger partial charge < -0.3 is 10.6 Å². The highest BCUT2D eigenvalue weighted by Crippen LogP contribution is 2.35. The first-order valence-corrected chi connectivity index (χ1v) is 11.3. The monoisotopic (exact) mass is 434 g/mol. The molecule has 1 fully saturated rings. The van der Waals surface area contributed by atoms with Crippen LogP contribution in [0.25, 0.3) is 10.4 Å². The molecule has 1 aliphatic rings. The standard InChI is InChI=1S/C24H26N4O2S/c1-16-20(14-26-17(2)27-16)22(29)28-10-5-9-24(15-28,23(25)30)13-18-6-3-7-19(12-18)21-8-4-11-31-21/h3-4,6-8,11-12,14H,5,9-10,13,15H2,1-2H3,(H2,25,30). The fraction of sp³-hybridized carbons (Fsp3) is 0.333. The number of thiophene rings is 1. The highest BCUT2D eigenvalue weighted by atomic mass is 32.1. The Labute approximate surface area is 186 Å². The maximum absolute atomic E-state index is 13.2. The molecule has 6 nitrogen and oxygen atoms in total. The van der Waals surface area contributed by atoms with Crippen molar-refractivity contribution in [2.45, 2.75) is 33.1 Å². The van der Waals surface area contributed by atoms with Crippen LogP contribution in [-0.4, -0.2) is 39.8 Å². The number of primary amides is 1. The number of carbonyl (C=O) groups excluding carboxylic acids is 2. The van der Waals surface area contributed by atoms with Crippen LogP contribution in [0, 0.1) is 19.3 Å². The number of carbonyl (C=O) groups is 2. The van der Waals surface area contributed by atoms with Gasteiger partial charge in [-0.2, -0.15) is 0 Å². The average Bonchev–Trinajstić information content (AvgIpc) is 3.29. The van der Waals surface area contributed by atoms with Gasteiger partial charge >= 0.3 is 0 Å². The fourth-order valence-electron chi connectivity index (χ4n) is 4.37. The summed E-state index contributed by atoms with van der Waals surface area (Å²) in [6, 6.07) is 12.3. The molecule has 0 aliphatic carbocycles. The molecule has 7 heteroatoms. The minimum absolute atomic E-state index is 0.143. The SMILES string of the molecule is Cc1ncc(C(=O)N2CCCC(Cc3cccc(-c4cccs4)c3)(C(N)=O)C2)c(C)n1. The third kappa shape index (κ3) is 4.37. The molecule has 1 unspecified atom stereocenters. The zero-order valence-corrected chi connectivity index (χ0v) is 18.6. The molecule has 2 amide bonds. The average molecular weight is 435 g/mol. The first-order chi connectivity index (χ1) is 14.9. The van der Waals surface area contributed by atoms with Gasteiger partial charge in [-0.3, -0.25) is 9.59 Å². The first kappa shape index (κ1) is 21.2. The first-order valence-electron chi connectivity index (χ1n) is 10.4. The van der Waals surface area contributed by atoms with Crippen molar-refractivity contribution in [2.24, 2.45) is 11.1 Å². The molecule has 2 aromatic heterocycles. The summed E-state index contributed by atoms with van der Waals surface area (Å²) >= 11 is 1.68. The highest BCUT2D eigenvalue weighted by Gasteiger charge is 2.42. The third-order valence-corrected chi connectivity index (χ3v) is 6.91. The number of rotatable bonds is 5. The molecule has 0 radical (unpaired) electrons. The van der Waals surface area contributed by atoms with Gasteiger partial charge in [0.2, 0.25) is 5.91 Å². The van der Waals surface area contributed by atoms with E-state index in [9.17, 15) is 9.59 Å². The van der Waals surface area contributed by atoms with E-state index in [0.717, 1.165) is 17.5 Å². The normalized spacial score (nSPS) is 18.7. The Morgan fingerprint density at radius 1 is 1.23 bits per heavy atom. The van der Waals surface area contributed by atoms with Gasteiger partial charge in [0.15, 0.2) is 0 Å². The lowest BCUT2D eigenvalue weighted by Crippen LogP contribution is -2.53. The summed E-state index contributed by atoms with van der Waals surface area (Å²) in [6.07, 6.45) is 3.48. The predicted octanol–water partition coefficient (Wildman–Crippen LogP) is 3.77. The summed E-state index contributed by atoms with van der Waals surface area (Å²) in [6.45, 7) is 4.50. The van der Waals surface area contributed by atoms with E-state index in [-0.39, 0.29) is 11.8 Å². The van der Waals surface area contributed by atoms with E-state index in [1.54, 1.807) is 29.4 Å². The van der Waals surface area contributed by atoms with Crippen molar-refractivity contribution < 1.29 is 9.59 Å². The van der Waals surface area contributed by atoms with Crippen LogP contribution in [0.5, 0.6) is 0 Å². The number of aryl methyl sites for hydroxylation is 2. The second kappa shape index (κ2) is 8.59. The molecule has 31 heavy (non-hydrogen) atoms. The van der Waals surface area contributed by atoms with Crippen LogP contribution in [0.1, 0.15) is 40.3 Å². The number of benzene rings is 1. The quantitative estimate of drug-likeness (QED) is 0.662. The number of nitrogens with two attached hydrogens (primary N) is 1. The Morgan fingerprint density at radius 3 is 2.77 bits per heavy atom. The minimum atomic E-state index is -0.790. The summed E-state index contributed by atoms with van der Waals surface area (Å²) in [7, 11) is 0. The van der Waals surface area contributed by atoms with Crippen molar-refractivity contribution >= 4 is 23.2 Å².